The Morgan fingerprint density at radius 1 is 1.06 bits per heavy atom. The van der Waals surface area contributed by atoms with Crippen LogP contribution in [-0.2, 0) is 9.53 Å². The van der Waals surface area contributed by atoms with Crippen molar-refractivity contribution in [2.45, 2.75) is 64.5 Å². The van der Waals surface area contributed by atoms with E-state index in [4.69, 9.17) is 14.3 Å². The van der Waals surface area contributed by atoms with Crippen molar-refractivity contribution in [3.63, 3.8) is 0 Å². The molecule has 1 amide bonds. The number of nitrogens with zero attached hydrogens (tertiary/aromatic N) is 2. The summed E-state index contributed by atoms with van der Waals surface area (Å²) in [5, 5.41) is 22.1. The molecule has 0 saturated carbocycles. The summed E-state index contributed by atoms with van der Waals surface area (Å²) >= 11 is 0. The lowest BCUT2D eigenvalue weighted by molar-refractivity contribution is -0.137. The van der Waals surface area contributed by atoms with E-state index in [1.54, 1.807) is 20.8 Å². The maximum Gasteiger partial charge on any atom is 0.408 e. The molecule has 1 aromatic heterocycles. The number of rotatable bonds is 9. The summed E-state index contributed by atoms with van der Waals surface area (Å²) in [5.74, 6) is -0.157. The van der Waals surface area contributed by atoms with Crippen LogP contribution < -0.4 is 5.32 Å². The van der Waals surface area contributed by atoms with Crippen molar-refractivity contribution in [1.29, 1.82) is 0 Å². The van der Waals surface area contributed by atoms with Gasteiger partial charge in [-0.3, -0.25) is 4.79 Å². The molecule has 0 bridgehead atoms. The third-order valence-corrected chi connectivity index (χ3v) is 4.81. The van der Waals surface area contributed by atoms with Gasteiger partial charge in [0.25, 0.3) is 0 Å². The van der Waals surface area contributed by atoms with E-state index in [0.717, 1.165) is 16.3 Å². The second-order valence-electron chi connectivity index (χ2n) is 8.70. The summed E-state index contributed by atoms with van der Waals surface area (Å²) in [6, 6.07) is 13.4. The van der Waals surface area contributed by atoms with Crippen LogP contribution in [0, 0.1) is 0 Å². The van der Waals surface area contributed by atoms with E-state index in [2.05, 4.69) is 15.5 Å². The lowest BCUT2D eigenvalue weighted by Gasteiger charge is -2.22. The molecule has 0 radical (unpaired) electrons. The number of amides is 1. The largest absolute Gasteiger partial charge is 0.481 e. The van der Waals surface area contributed by atoms with Crippen LogP contribution in [0.15, 0.2) is 46.9 Å². The predicted molar refractivity (Wildman–Crippen MR) is 120 cm³/mol. The maximum absolute atomic E-state index is 12.3. The van der Waals surface area contributed by atoms with Crippen LogP contribution in [0.25, 0.3) is 22.2 Å². The number of aliphatic carboxylic acids is 1. The van der Waals surface area contributed by atoms with E-state index in [9.17, 15) is 9.59 Å². The maximum atomic E-state index is 12.3. The van der Waals surface area contributed by atoms with E-state index >= 15 is 0 Å². The Morgan fingerprint density at radius 2 is 1.81 bits per heavy atom. The third-order valence-electron chi connectivity index (χ3n) is 4.81. The normalized spacial score (nSPS) is 12.5. The van der Waals surface area contributed by atoms with Crippen LogP contribution in [0.4, 0.5) is 4.79 Å². The molecule has 0 spiro atoms. The number of ether oxygens (including phenoxy) is 1. The van der Waals surface area contributed by atoms with Gasteiger partial charge in [0.1, 0.15) is 11.6 Å². The number of nitrogens with one attached hydrogen (secondary N) is 1. The summed E-state index contributed by atoms with van der Waals surface area (Å²) in [5.41, 5.74) is 0.154. The third kappa shape index (κ3) is 6.80. The fourth-order valence-electron chi connectivity index (χ4n) is 3.32. The molecule has 0 fully saturated rings. The van der Waals surface area contributed by atoms with Gasteiger partial charge in [-0.1, -0.05) is 43.2 Å². The highest BCUT2D eigenvalue weighted by molar-refractivity contribution is 5.86. The monoisotopic (exact) mass is 439 g/mol. The number of hydrogen-bond donors (Lipinski definition) is 2. The van der Waals surface area contributed by atoms with Gasteiger partial charge in [-0.2, -0.15) is 0 Å². The number of hydrogen-bond acceptors (Lipinski definition) is 6. The van der Waals surface area contributed by atoms with Crippen LogP contribution in [0.3, 0.4) is 0 Å². The Morgan fingerprint density at radius 3 is 2.53 bits per heavy atom. The molecule has 0 aliphatic carbocycles. The molecular formula is C24H29N3O5. The molecule has 32 heavy (non-hydrogen) atoms. The summed E-state index contributed by atoms with van der Waals surface area (Å²) in [6.07, 6.45) is 2.06. The van der Waals surface area contributed by atoms with Crippen LogP contribution in [0.1, 0.15) is 64.8 Å². The summed E-state index contributed by atoms with van der Waals surface area (Å²) in [6.45, 7) is 5.37. The fourth-order valence-corrected chi connectivity index (χ4v) is 3.32. The minimum absolute atomic E-state index is 0.122. The number of carbonyl (C=O) groups excluding carboxylic acids is 1. The summed E-state index contributed by atoms with van der Waals surface area (Å²) in [4.78, 5) is 23.1. The van der Waals surface area contributed by atoms with Crippen LogP contribution in [0.5, 0.6) is 0 Å². The number of unbranched alkanes of at least 4 members (excludes halogenated alkanes) is 2. The highest BCUT2D eigenvalue weighted by atomic mass is 16.6. The van der Waals surface area contributed by atoms with E-state index in [1.165, 1.54) is 0 Å². The van der Waals surface area contributed by atoms with Crippen molar-refractivity contribution in [3.8, 4) is 11.5 Å². The topological polar surface area (TPSA) is 115 Å². The number of carboxylic acids is 1. The van der Waals surface area contributed by atoms with Crippen molar-refractivity contribution >= 4 is 22.8 Å². The average Bonchev–Trinajstić information content (AvgIpc) is 3.21. The van der Waals surface area contributed by atoms with Gasteiger partial charge in [-0.25, -0.2) is 4.79 Å². The Labute approximate surface area is 187 Å². The van der Waals surface area contributed by atoms with E-state index < -0.39 is 23.7 Å². The standard InChI is InChI=1S/C24H29N3O5/c1-24(2,3)32-23(30)25-19(11-5-4-6-12-20(28)29)22-27-26-21(31-22)18-14-13-16-9-7-8-10-17(16)15-18/h7-10,13-15,19H,4-6,11-12H2,1-3H3,(H,25,30)(H,28,29)/t19-/m0/s1. The SMILES string of the molecule is CC(C)(C)OC(=O)N[C@@H](CCCCCC(=O)O)c1nnc(-c2ccc3ccccc3c2)o1. The van der Waals surface area contributed by atoms with Crippen LogP contribution in [0.2, 0.25) is 0 Å². The lowest BCUT2D eigenvalue weighted by Crippen LogP contribution is -2.35. The molecule has 2 N–H and O–H groups in total. The van der Waals surface area contributed by atoms with Crippen molar-refractivity contribution in [2.24, 2.45) is 0 Å². The Bertz CT molecular complexity index is 1070. The first-order valence-electron chi connectivity index (χ1n) is 10.8. The molecule has 3 rings (SSSR count). The van der Waals surface area contributed by atoms with Gasteiger partial charge < -0.3 is 19.6 Å². The van der Waals surface area contributed by atoms with Crippen molar-refractivity contribution < 1.29 is 23.8 Å². The molecule has 0 unspecified atom stereocenters. The Hall–Kier alpha value is -3.42. The van der Waals surface area contributed by atoms with Crippen molar-refractivity contribution in [2.75, 3.05) is 0 Å². The van der Waals surface area contributed by atoms with Gasteiger partial charge in [0.2, 0.25) is 11.8 Å². The van der Waals surface area contributed by atoms with E-state index in [-0.39, 0.29) is 12.3 Å². The predicted octanol–water partition coefficient (Wildman–Crippen LogP) is 5.49. The molecule has 0 saturated heterocycles. The molecule has 0 aliphatic heterocycles. The van der Waals surface area contributed by atoms with Crippen LogP contribution >= 0.6 is 0 Å². The quantitative estimate of drug-likeness (QED) is 0.424. The van der Waals surface area contributed by atoms with Gasteiger partial charge in [-0.05, 0) is 56.5 Å². The molecule has 3 aromatic rings. The zero-order valence-corrected chi connectivity index (χ0v) is 18.6. The highest BCUT2D eigenvalue weighted by Crippen LogP contribution is 2.27. The molecule has 170 valence electrons. The van der Waals surface area contributed by atoms with Gasteiger partial charge >= 0.3 is 12.1 Å². The summed E-state index contributed by atoms with van der Waals surface area (Å²) < 4.78 is 11.3. The molecule has 2 aromatic carbocycles. The first-order chi connectivity index (χ1) is 15.2. The molecule has 1 heterocycles. The first-order valence-corrected chi connectivity index (χ1v) is 10.8. The number of alkyl carbamates (subject to hydrolysis) is 1. The number of carbonyl (C=O) groups is 2. The minimum atomic E-state index is -0.814. The number of benzene rings is 2. The second-order valence-corrected chi connectivity index (χ2v) is 8.70. The highest BCUT2D eigenvalue weighted by Gasteiger charge is 2.24. The number of aromatic nitrogens is 2. The Kier molecular flexibility index (Phi) is 7.45. The smallest absolute Gasteiger partial charge is 0.408 e. The average molecular weight is 440 g/mol. The number of carboxylic acid groups (broad SMARTS) is 1. The minimum Gasteiger partial charge on any atom is -0.481 e. The number of fused-ring (bicyclic) bond motifs is 1. The van der Waals surface area contributed by atoms with Crippen LogP contribution in [-0.4, -0.2) is 33.0 Å². The molecule has 8 heteroatoms. The van der Waals surface area contributed by atoms with Gasteiger partial charge in [0.15, 0.2) is 0 Å². The molecular weight excluding hydrogens is 410 g/mol. The van der Waals surface area contributed by atoms with Gasteiger partial charge in [0, 0.05) is 12.0 Å². The second kappa shape index (κ2) is 10.3. The zero-order chi connectivity index (χ0) is 23.1. The van der Waals surface area contributed by atoms with Gasteiger partial charge in [0.05, 0.1) is 0 Å². The fraction of sp³-hybridized carbons (Fsp3) is 0.417. The van der Waals surface area contributed by atoms with E-state index in [1.807, 2.05) is 42.5 Å². The van der Waals surface area contributed by atoms with Crippen molar-refractivity contribution in [3.05, 3.63) is 48.4 Å². The van der Waals surface area contributed by atoms with Crippen molar-refractivity contribution in [1.82, 2.24) is 15.5 Å². The first kappa shape index (κ1) is 23.2. The summed E-state index contributed by atoms with van der Waals surface area (Å²) in [7, 11) is 0. The molecule has 8 nitrogen and oxygen atoms in total. The lowest BCUT2D eigenvalue weighted by atomic mass is 10.1. The molecule has 1 atom stereocenters. The Balaban J connectivity index is 1.74. The van der Waals surface area contributed by atoms with Gasteiger partial charge in [-0.15, -0.1) is 10.2 Å². The molecule has 0 aliphatic rings. The van der Waals surface area contributed by atoms with E-state index in [0.29, 0.717) is 31.6 Å². The zero-order valence-electron chi connectivity index (χ0n) is 18.6.